The quantitative estimate of drug-likeness (QED) is 0.314. The highest BCUT2D eigenvalue weighted by atomic mass is 16.6. The molecule has 0 unspecified atom stereocenters. The van der Waals surface area contributed by atoms with Crippen LogP contribution in [0.5, 0.6) is 0 Å². The molecule has 0 saturated heterocycles. The number of rotatable bonds is 3. The zero-order chi connectivity index (χ0) is 27.2. The van der Waals surface area contributed by atoms with E-state index in [1.807, 2.05) is 24.3 Å². The first-order chi connectivity index (χ1) is 18.0. The predicted molar refractivity (Wildman–Crippen MR) is 148 cm³/mol. The number of fused-ring (bicyclic) bond motifs is 2. The summed E-state index contributed by atoms with van der Waals surface area (Å²) >= 11 is 0. The Hall–Kier alpha value is -4.26. The number of benzene rings is 3. The molecule has 3 aromatic rings. The van der Waals surface area contributed by atoms with Gasteiger partial charge in [0.1, 0.15) is 5.78 Å². The van der Waals surface area contributed by atoms with Crippen molar-refractivity contribution < 1.29 is 14.5 Å². The van der Waals surface area contributed by atoms with Gasteiger partial charge in [0.05, 0.1) is 28.3 Å². The molecule has 0 aromatic heterocycles. The molecular weight excluding hydrogens is 478 g/mol. The Labute approximate surface area is 222 Å². The zero-order valence-electron chi connectivity index (χ0n) is 22.0. The fourth-order valence-corrected chi connectivity index (χ4v) is 5.58. The van der Waals surface area contributed by atoms with E-state index < -0.39 is 16.9 Å². The van der Waals surface area contributed by atoms with E-state index in [1.165, 1.54) is 24.6 Å². The van der Waals surface area contributed by atoms with E-state index in [9.17, 15) is 19.7 Å². The molecule has 3 aromatic carbocycles. The number of nitrogens with one attached hydrogen (secondary N) is 1. The van der Waals surface area contributed by atoms with E-state index in [1.54, 1.807) is 17.0 Å². The maximum atomic E-state index is 14.0. The number of hydrogen-bond acceptors (Lipinski definition) is 5. The molecule has 5 rings (SSSR count). The SMILES string of the molecule is CC(=O)N1c2ccccc2NC2=C[C@H](c3ccc(C(C)(C)C)cc3)CC(=O)[C@@H]2[C@H]1c1cccc([N+](=O)[O-])c1. The molecule has 1 N–H and O–H groups in total. The van der Waals surface area contributed by atoms with Gasteiger partial charge in [0.25, 0.3) is 5.69 Å². The Morgan fingerprint density at radius 1 is 1.00 bits per heavy atom. The van der Waals surface area contributed by atoms with Crippen LogP contribution in [0.2, 0.25) is 0 Å². The Morgan fingerprint density at radius 3 is 2.37 bits per heavy atom. The number of Topliss-reactive ketones (excluding diaryl/α,β-unsaturated/α-hetero) is 1. The summed E-state index contributed by atoms with van der Waals surface area (Å²) < 4.78 is 0. The molecule has 1 amide bonds. The van der Waals surface area contributed by atoms with E-state index in [0.29, 0.717) is 22.6 Å². The van der Waals surface area contributed by atoms with Crippen LogP contribution in [0.15, 0.2) is 84.6 Å². The zero-order valence-corrected chi connectivity index (χ0v) is 22.0. The Kier molecular flexibility index (Phi) is 6.39. The first-order valence-corrected chi connectivity index (χ1v) is 12.8. The molecule has 0 spiro atoms. The number of ketones is 1. The number of non-ortho nitro benzene ring substituents is 1. The van der Waals surface area contributed by atoms with Crippen molar-refractivity contribution in [2.75, 3.05) is 10.2 Å². The lowest BCUT2D eigenvalue weighted by Gasteiger charge is -2.37. The number of nitro groups is 1. The summed E-state index contributed by atoms with van der Waals surface area (Å²) in [6.07, 6.45) is 2.36. The average molecular weight is 510 g/mol. The van der Waals surface area contributed by atoms with Crippen molar-refractivity contribution in [3.63, 3.8) is 0 Å². The minimum absolute atomic E-state index is 0.0181. The second-order valence-corrected chi connectivity index (χ2v) is 11.1. The molecule has 3 atom stereocenters. The van der Waals surface area contributed by atoms with Crippen LogP contribution in [0.1, 0.15) is 62.8 Å². The number of hydrogen-bond donors (Lipinski definition) is 1. The van der Waals surface area contributed by atoms with E-state index in [-0.39, 0.29) is 35.1 Å². The van der Waals surface area contributed by atoms with Crippen LogP contribution in [0, 0.1) is 16.0 Å². The predicted octanol–water partition coefficient (Wildman–Crippen LogP) is 6.67. The third-order valence-corrected chi connectivity index (χ3v) is 7.49. The highest BCUT2D eigenvalue weighted by Gasteiger charge is 2.44. The number of carbonyl (C=O) groups excluding carboxylic acids is 2. The number of nitrogens with zero attached hydrogens (tertiary/aromatic N) is 2. The second-order valence-electron chi connectivity index (χ2n) is 11.1. The van der Waals surface area contributed by atoms with Crippen molar-refractivity contribution in [1.29, 1.82) is 0 Å². The number of anilines is 2. The Balaban J connectivity index is 1.66. The molecule has 2 aliphatic rings. The van der Waals surface area contributed by atoms with Crippen molar-refractivity contribution in [2.24, 2.45) is 5.92 Å². The third kappa shape index (κ3) is 4.60. The molecule has 1 aliphatic heterocycles. The summed E-state index contributed by atoms with van der Waals surface area (Å²) in [6.45, 7) is 7.96. The molecule has 0 radical (unpaired) electrons. The molecule has 0 bridgehead atoms. The van der Waals surface area contributed by atoms with Crippen molar-refractivity contribution in [3.8, 4) is 0 Å². The van der Waals surface area contributed by atoms with Crippen molar-refractivity contribution >= 4 is 28.8 Å². The summed E-state index contributed by atoms with van der Waals surface area (Å²) in [5.41, 5.74) is 4.81. The van der Waals surface area contributed by atoms with E-state index in [0.717, 1.165) is 5.56 Å². The fraction of sp³-hybridized carbons (Fsp3) is 0.290. The molecule has 0 saturated carbocycles. The van der Waals surface area contributed by atoms with Crippen LogP contribution in [0.4, 0.5) is 17.1 Å². The van der Waals surface area contributed by atoms with Crippen molar-refractivity contribution in [2.45, 2.75) is 51.5 Å². The van der Waals surface area contributed by atoms with Gasteiger partial charge in [-0.2, -0.15) is 0 Å². The normalized spacial score (nSPS) is 20.9. The fourth-order valence-electron chi connectivity index (χ4n) is 5.58. The number of para-hydroxylation sites is 2. The number of carbonyl (C=O) groups is 2. The van der Waals surface area contributed by atoms with Crippen LogP contribution >= 0.6 is 0 Å². The van der Waals surface area contributed by atoms with Gasteiger partial charge in [-0.25, -0.2) is 0 Å². The number of allylic oxidation sites excluding steroid dienone is 1. The third-order valence-electron chi connectivity index (χ3n) is 7.49. The second kappa shape index (κ2) is 9.56. The van der Waals surface area contributed by atoms with Crippen molar-refractivity contribution in [1.82, 2.24) is 0 Å². The van der Waals surface area contributed by atoms with Gasteiger partial charge >= 0.3 is 0 Å². The van der Waals surface area contributed by atoms with Gasteiger partial charge < -0.3 is 10.2 Å². The van der Waals surface area contributed by atoms with Gasteiger partial charge in [-0.1, -0.05) is 75.4 Å². The summed E-state index contributed by atoms with van der Waals surface area (Å²) in [4.78, 5) is 39.8. The molecule has 7 heteroatoms. The van der Waals surface area contributed by atoms with Gasteiger partial charge in [-0.05, 0) is 34.2 Å². The van der Waals surface area contributed by atoms with Gasteiger partial charge in [0.15, 0.2) is 0 Å². The number of nitro benzene ring substituents is 1. The van der Waals surface area contributed by atoms with Crippen LogP contribution in [-0.2, 0) is 15.0 Å². The summed E-state index contributed by atoms with van der Waals surface area (Å²) in [5, 5.41) is 15.0. The van der Waals surface area contributed by atoms with E-state index >= 15 is 0 Å². The van der Waals surface area contributed by atoms with Gasteiger partial charge in [0.2, 0.25) is 5.91 Å². The maximum Gasteiger partial charge on any atom is 0.269 e. The lowest BCUT2D eigenvalue weighted by Crippen LogP contribution is -2.41. The van der Waals surface area contributed by atoms with Gasteiger partial charge in [0, 0.05) is 37.1 Å². The van der Waals surface area contributed by atoms with Crippen LogP contribution in [0.3, 0.4) is 0 Å². The van der Waals surface area contributed by atoms with E-state index in [2.05, 4.69) is 56.4 Å². The Morgan fingerprint density at radius 2 is 1.71 bits per heavy atom. The first-order valence-electron chi connectivity index (χ1n) is 12.8. The molecule has 194 valence electrons. The molecule has 7 nitrogen and oxygen atoms in total. The van der Waals surface area contributed by atoms with Crippen molar-refractivity contribution in [3.05, 3.63) is 111 Å². The lowest BCUT2D eigenvalue weighted by atomic mass is 9.75. The summed E-state index contributed by atoms with van der Waals surface area (Å²) in [7, 11) is 0. The van der Waals surface area contributed by atoms with Crippen LogP contribution in [0.25, 0.3) is 0 Å². The molecule has 38 heavy (non-hydrogen) atoms. The average Bonchev–Trinajstić information content (AvgIpc) is 3.03. The minimum Gasteiger partial charge on any atom is -0.357 e. The smallest absolute Gasteiger partial charge is 0.269 e. The summed E-state index contributed by atoms with van der Waals surface area (Å²) in [6, 6.07) is 21.3. The lowest BCUT2D eigenvalue weighted by molar-refractivity contribution is -0.384. The number of amides is 1. The largest absolute Gasteiger partial charge is 0.357 e. The monoisotopic (exact) mass is 509 g/mol. The van der Waals surface area contributed by atoms with Crippen LogP contribution < -0.4 is 10.2 Å². The summed E-state index contributed by atoms with van der Waals surface area (Å²) in [5.74, 6) is -1.09. The van der Waals surface area contributed by atoms with Crippen LogP contribution in [-0.4, -0.2) is 16.6 Å². The Bertz CT molecular complexity index is 1450. The molecule has 0 fully saturated rings. The van der Waals surface area contributed by atoms with Gasteiger partial charge in [-0.15, -0.1) is 0 Å². The maximum absolute atomic E-state index is 14.0. The molecule has 1 heterocycles. The first kappa shape index (κ1) is 25.4. The highest BCUT2D eigenvalue weighted by Crippen LogP contribution is 2.48. The molecular formula is C31H31N3O4. The minimum atomic E-state index is -0.730. The highest BCUT2D eigenvalue weighted by molar-refractivity contribution is 6.00. The van der Waals surface area contributed by atoms with Gasteiger partial charge in [-0.3, -0.25) is 19.7 Å². The van der Waals surface area contributed by atoms with E-state index in [4.69, 9.17) is 0 Å². The standard InChI is InChI=1S/C31H31N3O4/c1-19(35)33-27-11-6-5-10-25(27)32-26-17-22(20-12-14-23(15-13-20)31(2,3)4)18-28(36)29(26)30(33)21-8-7-9-24(16-21)34(37)38/h5-17,22,29-30,32H,18H2,1-4H3/t22-,29+,30+/m0/s1. The topological polar surface area (TPSA) is 92.6 Å². The molecule has 1 aliphatic carbocycles.